The Kier molecular flexibility index (Phi) is 6.51. The first kappa shape index (κ1) is 18.9. The lowest BCUT2D eigenvalue weighted by atomic mass is 10.2. The fourth-order valence-electron chi connectivity index (χ4n) is 1.61. The maximum Gasteiger partial charge on any atom is 0.423 e. The molecule has 0 aliphatic rings. The van der Waals surface area contributed by atoms with Crippen LogP contribution in [-0.4, -0.2) is 52.2 Å². The molecule has 0 aromatic carbocycles. The Labute approximate surface area is 128 Å². The van der Waals surface area contributed by atoms with Gasteiger partial charge < -0.3 is 20.3 Å². The van der Waals surface area contributed by atoms with Gasteiger partial charge in [0, 0.05) is 0 Å². The van der Waals surface area contributed by atoms with E-state index in [2.05, 4.69) is 10.4 Å². The van der Waals surface area contributed by atoms with Crippen molar-refractivity contribution in [2.75, 3.05) is 25.1 Å². The number of alkyl halides is 3. The molecular weight excluding hydrogens is 323 g/mol. The fourth-order valence-corrected chi connectivity index (χ4v) is 1.61. The van der Waals surface area contributed by atoms with Crippen LogP contribution in [0, 0.1) is 5.92 Å². The molecule has 23 heavy (non-hydrogen) atoms. The number of carboxylic acids is 1. The minimum Gasteiger partial charge on any atom is -0.481 e. The lowest BCUT2D eigenvalue weighted by Gasteiger charge is -2.20. The third-order valence-corrected chi connectivity index (χ3v) is 2.83. The number of halogens is 3. The highest BCUT2D eigenvalue weighted by molar-refractivity contribution is 5.69. The summed E-state index contributed by atoms with van der Waals surface area (Å²) in [7, 11) is 0. The quantitative estimate of drug-likeness (QED) is 0.537. The predicted octanol–water partition coefficient (Wildman–Crippen LogP) is 0.299. The van der Waals surface area contributed by atoms with Gasteiger partial charge in [-0.1, -0.05) is 0 Å². The summed E-state index contributed by atoms with van der Waals surface area (Å²) < 4.78 is 43.6. The number of rotatable bonds is 8. The number of carboxylic acid groups (broad SMARTS) is 1. The monoisotopic (exact) mass is 339 g/mol. The van der Waals surface area contributed by atoms with Crippen molar-refractivity contribution in [3.8, 4) is 0 Å². The number of aliphatic carboxylic acids is 1. The number of aromatic nitrogens is 2. The molecule has 0 saturated heterocycles. The summed E-state index contributed by atoms with van der Waals surface area (Å²) in [4.78, 5) is 21.9. The molecule has 0 fully saturated rings. The highest BCUT2D eigenvalue weighted by Gasteiger charge is 2.37. The van der Waals surface area contributed by atoms with Gasteiger partial charge in [-0.3, -0.25) is 9.59 Å². The molecule has 11 heteroatoms. The number of anilines is 1. The number of hydrogen-bond acceptors (Lipinski definition) is 6. The predicted molar refractivity (Wildman–Crippen MR) is 72.0 cm³/mol. The Bertz CT molecular complexity index is 590. The molecule has 0 amide bonds. The number of hydrogen-bond donors (Lipinski definition) is 4. The summed E-state index contributed by atoms with van der Waals surface area (Å²) in [5.41, 5.74) is -3.49. The van der Waals surface area contributed by atoms with Gasteiger partial charge in [-0.15, -0.1) is 0 Å². The highest BCUT2D eigenvalue weighted by atomic mass is 19.4. The molecule has 1 heterocycles. The third-order valence-electron chi connectivity index (χ3n) is 2.83. The topological polar surface area (TPSA) is 125 Å². The summed E-state index contributed by atoms with van der Waals surface area (Å²) in [6.45, 7) is 0.378. The van der Waals surface area contributed by atoms with E-state index in [9.17, 15) is 27.9 Å². The number of nitrogens with zero attached hydrogens (tertiary/aromatic N) is 1. The number of aromatic amines is 1. The Morgan fingerprint density at radius 1 is 1.48 bits per heavy atom. The SMILES string of the molecule is CC(COCC(CO)Nc1cn[nH]c(=O)c1C(F)(F)F)C(=O)O. The van der Waals surface area contributed by atoms with E-state index in [4.69, 9.17) is 9.84 Å². The first-order chi connectivity index (χ1) is 10.7. The van der Waals surface area contributed by atoms with E-state index in [1.807, 2.05) is 0 Å². The smallest absolute Gasteiger partial charge is 0.423 e. The lowest BCUT2D eigenvalue weighted by Crippen LogP contribution is -2.33. The number of H-pyrrole nitrogens is 1. The maximum atomic E-state index is 12.9. The van der Waals surface area contributed by atoms with Gasteiger partial charge in [-0.25, -0.2) is 5.10 Å². The molecule has 0 aliphatic heterocycles. The van der Waals surface area contributed by atoms with Crippen molar-refractivity contribution >= 4 is 11.7 Å². The van der Waals surface area contributed by atoms with Crippen LogP contribution in [0.2, 0.25) is 0 Å². The van der Waals surface area contributed by atoms with Gasteiger partial charge in [0.25, 0.3) is 5.56 Å². The average molecular weight is 339 g/mol. The van der Waals surface area contributed by atoms with Gasteiger partial charge in [-0.2, -0.15) is 18.3 Å². The third kappa shape index (κ3) is 5.53. The van der Waals surface area contributed by atoms with Gasteiger partial charge >= 0.3 is 12.1 Å². The highest BCUT2D eigenvalue weighted by Crippen LogP contribution is 2.31. The first-order valence-electron chi connectivity index (χ1n) is 6.49. The van der Waals surface area contributed by atoms with E-state index in [1.165, 1.54) is 6.92 Å². The van der Waals surface area contributed by atoms with E-state index >= 15 is 0 Å². The average Bonchev–Trinajstić information content (AvgIpc) is 2.44. The molecule has 1 aromatic rings. The van der Waals surface area contributed by atoms with Gasteiger partial charge in [0.1, 0.15) is 5.56 Å². The van der Waals surface area contributed by atoms with Crippen molar-refractivity contribution in [1.82, 2.24) is 10.2 Å². The fraction of sp³-hybridized carbons (Fsp3) is 0.583. The summed E-state index contributed by atoms with van der Waals surface area (Å²) in [5.74, 6) is -1.89. The largest absolute Gasteiger partial charge is 0.481 e. The molecule has 1 aromatic heterocycles. The molecule has 0 bridgehead atoms. The lowest BCUT2D eigenvalue weighted by molar-refractivity contribution is -0.143. The van der Waals surface area contributed by atoms with Gasteiger partial charge in [0.05, 0.1) is 43.7 Å². The van der Waals surface area contributed by atoms with Crippen LogP contribution in [0.25, 0.3) is 0 Å². The zero-order valence-corrected chi connectivity index (χ0v) is 12.1. The van der Waals surface area contributed by atoms with Gasteiger partial charge in [0.15, 0.2) is 0 Å². The van der Waals surface area contributed by atoms with Crippen LogP contribution in [-0.2, 0) is 15.7 Å². The Morgan fingerprint density at radius 3 is 2.65 bits per heavy atom. The molecule has 2 atom stereocenters. The number of aliphatic hydroxyl groups excluding tert-OH is 1. The Morgan fingerprint density at radius 2 is 2.13 bits per heavy atom. The molecule has 130 valence electrons. The number of nitrogens with one attached hydrogen (secondary N) is 2. The van der Waals surface area contributed by atoms with Crippen molar-refractivity contribution in [3.63, 3.8) is 0 Å². The second-order valence-corrected chi connectivity index (χ2v) is 4.79. The van der Waals surface area contributed by atoms with Crippen molar-refractivity contribution < 1.29 is 32.9 Å². The maximum absolute atomic E-state index is 12.9. The Hall–Kier alpha value is -2.14. The number of ether oxygens (including phenoxy) is 1. The standard InChI is InChI=1S/C12H16F3N3O5/c1-6(11(21)22)4-23-5-7(3-19)17-8-2-16-18-10(20)9(8)12(13,14)15/h2,6-7,19H,3-5H2,1H3,(H,21,22)(H2,17,18,20). The Balaban J connectivity index is 2.79. The summed E-state index contributed by atoms with van der Waals surface area (Å²) in [6, 6.07) is -0.972. The van der Waals surface area contributed by atoms with Crippen molar-refractivity contribution in [2.24, 2.45) is 5.92 Å². The molecule has 0 spiro atoms. The molecule has 0 radical (unpaired) electrons. The van der Waals surface area contributed by atoms with E-state index in [0.29, 0.717) is 0 Å². The minimum absolute atomic E-state index is 0.173. The van der Waals surface area contributed by atoms with Crippen molar-refractivity contribution in [2.45, 2.75) is 19.1 Å². The van der Waals surface area contributed by atoms with Crippen LogP contribution < -0.4 is 10.9 Å². The van der Waals surface area contributed by atoms with Crippen molar-refractivity contribution in [3.05, 3.63) is 22.1 Å². The molecule has 0 saturated carbocycles. The molecule has 4 N–H and O–H groups in total. The molecule has 2 unspecified atom stereocenters. The van der Waals surface area contributed by atoms with Crippen LogP contribution >= 0.6 is 0 Å². The zero-order valence-electron chi connectivity index (χ0n) is 12.1. The van der Waals surface area contributed by atoms with E-state index in [0.717, 1.165) is 6.20 Å². The minimum atomic E-state index is -4.91. The summed E-state index contributed by atoms with van der Waals surface area (Å²) in [6.07, 6.45) is -4.13. The normalized spacial score (nSPS) is 14.3. The summed E-state index contributed by atoms with van der Waals surface area (Å²) in [5, 5.41) is 25.1. The van der Waals surface area contributed by atoms with Gasteiger partial charge in [-0.05, 0) is 6.92 Å². The molecule has 1 rings (SSSR count). The molecule has 8 nitrogen and oxygen atoms in total. The number of carbonyl (C=O) groups is 1. The summed E-state index contributed by atoms with van der Waals surface area (Å²) >= 11 is 0. The van der Waals surface area contributed by atoms with Crippen molar-refractivity contribution in [1.29, 1.82) is 0 Å². The number of aliphatic hydroxyl groups is 1. The van der Waals surface area contributed by atoms with Crippen LogP contribution in [0.3, 0.4) is 0 Å². The van der Waals surface area contributed by atoms with Crippen LogP contribution in [0.5, 0.6) is 0 Å². The second kappa shape index (κ2) is 7.92. The first-order valence-corrected chi connectivity index (χ1v) is 6.49. The molecule has 0 aliphatic carbocycles. The van der Waals surface area contributed by atoms with Crippen LogP contribution in [0.15, 0.2) is 11.0 Å². The zero-order chi connectivity index (χ0) is 17.6. The van der Waals surface area contributed by atoms with Gasteiger partial charge in [0.2, 0.25) is 0 Å². The van der Waals surface area contributed by atoms with Crippen LogP contribution in [0.4, 0.5) is 18.9 Å². The molecular formula is C12H16F3N3O5. The van der Waals surface area contributed by atoms with E-state index < -0.39 is 47.5 Å². The van der Waals surface area contributed by atoms with E-state index in [-0.39, 0.29) is 13.2 Å². The van der Waals surface area contributed by atoms with E-state index in [1.54, 1.807) is 5.10 Å². The second-order valence-electron chi connectivity index (χ2n) is 4.79. The van der Waals surface area contributed by atoms with Crippen LogP contribution in [0.1, 0.15) is 12.5 Å².